The van der Waals surface area contributed by atoms with E-state index in [0.29, 0.717) is 11.2 Å². The Hall–Kier alpha value is -2.95. The SMILES string of the molecule is Cc1ccc(NC(=O)c2cn(C)c3ccc(F)cc3c2=O)cc1. The number of rotatable bonds is 2. The summed E-state index contributed by atoms with van der Waals surface area (Å²) in [5.41, 5.74) is 1.73. The van der Waals surface area contributed by atoms with E-state index in [-0.39, 0.29) is 10.9 Å². The first-order valence-corrected chi connectivity index (χ1v) is 7.12. The summed E-state index contributed by atoms with van der Waals surface area (Å²) >= 11 is 0. The highest BCUT2D eigenvalue weighted by molar-refractivity contribution is 6.05. The van der Waals surface area contributed by atoms with E-state index in [1.54, 1.807) is 23.7 Å². The monoisotopic (exact) mass is 310 g/mol. The van der Waals surface area contributed by atoms with Crippen LogP contribution in [-0.2, 0) is 7.05 Å². The summed E-state index contributed by atoms with van der Waals surface area (Å²) in [6.07, 6.45) is 1.46. The van der Waals surface area contributed by atoms with Crippen molar-refractivity contribution in [3.05, 3.63) is 75.8 Å². The molecule has 2 aromatic carbocycles. The smallest absolute Gasteiger partial charge is 0.261 e. The number of carbonyl (C=O) groups is 1. The van der Waals surface area contributed by atoms with Gasteiger partial charge in [-0.1, -0.05) is 17.7 Å². The molecule has 4 nitrogen and oxygen atoms in total. The number of halogens is 1. The van der Waals surface area contributed by atoms with E-state index in [0.717, 1.165) is 11.6 Å². The van der Waals surface area contributed by atoms with Gasteiger partial charge < -0.3 is 9.88 Å². The van der Waals surface area contributed by atoms with Crippen LogP contribution in [0, 0.1) is 12.7 Å². The maximum atomic E-state index is 13.4. The zero-order valence-corrected chi connectivity index (χ0v) is 12.8. The quantitative estimate of drug-likeness (QED) is 0.790. The van der Waals surface area contributed by atoms with Crippen molar-refractivity contribution >= 4 is 22.5 Å². The molecule has 3 rings (SSSR count). The molecule has 0 aliphatic carbocycles. The predicted octanol–water partition coefficient (Wildman–Crippen LogP) is 3.24. The highest BCUT2D eigenvalue weighted by Crippen LogP contribution is 2.14. The summed E-state index contributed by atoms with van der Waals surface area (Å²) in [7, 11) is 1.71. The Balaban J connectivity index is 2.05. The summed E-state index contributed by atoms with van der Waals surface area (Å²) in [4.78, 5) is 24.9. The number of carbonyl (C=O) groups excluding carboxylic acids is 1. The number of hydrogen-bond donors (Lipinski definition) is 1. The molecular formula is C18H15FN2O2. The summed E-state index contributed by atoms with van der Waals surface area (Å²) in [5, 5.41) is 2.87. The molecule has 1 amide bonds. The van der Waals surface area contributed by atoms with Gasteiger partial charge in [-0.05, 0) is 37.3 Å². The van der Waals surface area contributed by atoms with Gasteiger partial charge in [0.25, 0.3) is 5.91 Å². The second kappa shape index (κ2) is 5.68. The highest BCUT2D eigenvalue weighted by Gasteiger charge is 2.15. The Morgan fingerprint density at radius 2 is 1.83 bits per heavy atom. The second-order valence-corrected chi connectivity index (χ2v) is 5.46. The number of pyridine rings is 1. The number of benzene rings is 2. The van der Waals surface area contributed by atoms with Crippen LogP contribution in [0.3, 0.4) is 0 Å². The molecule has 1 heterocycles. The number of hydrogen-bond acceptors (Lipinski definition) is 2. The van der Waals surface area contributed by atoms with Crippen molar-refractivity contribution in [2.75, 3.05) is 5.32 Å². The average molecular weight is 310 g/mol. The van der Waals surface area contributed by atoms with E-state index in [2.05, 4.69) is 5.32 Å². The molecule has 0 aliphatic heterocycles. The summed E-state index contributed by atoms with van der Waals surface area (Å²) in [5.74, 6) is -1.02. The predicted molar refractivity (Wildman–Crippen MR) is 88.3 cm³/mol. The lowest BCUT2D eigenvalue weighted by atomic mass is 10.1. The first-order valence-electron chi connectivity index (χ1n) is 7.12. The number of fused-ring (bicyclic) bond motifs is 1. The summed E-state index contributed by atoms with van der Waals surface area (Å²) in [6, 6.07) is 11.2. The zero-order chi connectivity index (χ0) is 16.6. The van der Waals surface area contributed by atoms with Crippen LogP contribution in [0.2, 0.25) is 0 Å². The van der Waals surface area contributed by atoms with E-state index >= 15 is 0 Å². The third-order valence-electron chi connectivity index (χ3n) is 3.70. The molecule has 0 unspecified atom stereocenters. The fourth-order valence-corrected chi connectivity index (χ4v) is 2.46. The maximum Gasteiger partial charge on any atom is 0.261 e. The standard InChI is InChI=1S/C18H15FN2O2/c1-11-3-6-13(7-4-11)20-18(23)15-10-21(2)16-8-5-12(19)9-14(16)17(15)22/h3-10H,1-2H3,(H,20,23). The first-order chi connectivity index (χ1) is 11.0. The third-order valence-corrected chi connectivity index (χ3v) is 3.70. The van der Waals surface area contributed by atoms with Gasteiger partial charge in [-0.25, -0.2) is 4.39 Å². The molecule has 0 radical (unpaired) electrons. The van der Waals surface area contributed by atoms with Crippen molar-refractivity contribution < 1.29 is 9.18 Å². The minimum Gasteiger partial charge on any atom is -0.350 e. The first kappa shape index (κ1) is 15.0. The number of aromatic nitrogens is 1. The Morgan fingerprint density at radius 3 is 2.52 bits per heavy atom. The molecule has 0 spiro atoms. The van der Waals surface area contributed by atoms with E-state index in [1.807, 2.05) is 19.1 Å². The summed E-state index contributed by atoms with van der Waals surface area (Å²) < 4.78 is 15.1. The van der Waals surface area contributed by atoms with E-state index in [1.165, 1.54) is 18.3 Å². The molecule has 3 aromatic rings. The molecule has 116 valence electrons. The normalized spacial score (nSPS) is 10.7. The highest BCUT2D eigenvalue weighted by atomic mass is 19.1. The van der Waals surface area contributed by atoms with Crippen LogP contribution in [0.4, 0.5) is 10.1 Å². The van der Waals surface area contributed by atoms with E-state index in [4.69, 9.17) is 0 Å². The Bertz CT molecular complexity index is 959. The second-order valence-electron chi connectivity index (χ2n) is 5.46. The lowest BCUT2D eigenvalue weighted by Gasteiger charge is -2.10. The Kier molecular flexibility index (Phi) is 3.70. The molecule has 1 N–H and O–H groups in total. The topological polar surface area (TPSA) is 51.1 Å². The van der Waals surface area contributed by atoms with E-state index in [9.17, 15) is 14.0 Å². The fourth-order valence-electron chi connectivity index (χ4n) is 2.46. The van der Waals surface area contributed by atoms with Crippen molar-refractivity contribution in [2.45, 2.75) is 6.92 Å². The van der Waals surface area contributed by atoms with Crippen LogP contribution in [0.25, 0.3) is 10.9 Å². The van der Waals surface area contributed by atoms with Gasteiger partial charge in [0.05, 0.1) is 5.52 Å². The molecule has 23 heavy (non-hydrogen) atoms. The lowest BCUT2D eigenvalue weighted by Crippen LogP contribution is -2.23. The van der Waals surface area contributed by atoms with Crippen LogP contribution in [0.1, 0.15) is 15.9 Å². The number of anilines is 1. The van der Waals surface area contributed by atoms with Crippen molar-refractivity contribution in [1.82, 2.24) is 4.57 Å². The number of nitrogens with zero attached hydrogens (tertiary/aromatic N) is 1. The van der Waals surface area contributed by atoms with Gasteiger partial charge >= 0.3 is 0 Å². The zero-order valence-electron chi connectivity index (χ0n) is 12.8. The van der Waals surface area contributed by atoms with Gasteiger partial charge in [-0.2, -0.15) is 0 Å². The van der Waals surface area contributed by atoms with Gasteiger partial charge in [0.15, 0.2) is 0 Å². The molecule has 0 atom stereocenters. The number of aryl methyl sites for hydroxylation is 2. The Labute approximate surface area is 132 Å². The minimum absolute atomic E-state index is 0.0221. The van der Waals surface area contributed by atoms with Gasteiger partial charge in [0, 0.05) is 24.3 Å². The molecule has 0 saturated heterocycles. The van der Waals surface area contributed by atoms with Crippen molar-refractivity contribution in [3.63, 3.8) is 0 Å². The van der Waals surface area contributed by atoms with Crippen LogP contribution >= 0.6 is 0 Å². The van der Waals surface area contributed by atoms with Crippen molar-refractivity contribution in [1.29, 1.82) is 0 Å². The average Bonchev–Trinajstić information content (AvgIpc) is 2.53. The van der Waals surface area contributed by atoms with Crippen molar-refractivity contribution in [3.8, 4) is 0 Å². The minimum atomic E-state index is -0.513. The molecule has 0 bridgehead atoms. The molecular weight excluding hydrogens is 295 g/mol. The Morgan fingerprint density at radius 1 is 1.13 bits per heavy atom. The molecule has 0 saturated carbocycles. The van der Waals surface area contributed by atoms with Crippen LogP contribution in [-0.4, -0.2) is 10.5 Å². The molecule has 0 aliphatic rings. The lowest BCUT2D eigenvalue weighted by molar-refractivity contribution is 0.102. The largest absolute Gasteiger partial charge is 0.350 e. The third kappa shape index (κ3) is 2.85. The molecule has 1 aromatic heterocycles. The van der Waals surface area contributed by atoms with Gasteiger partial charge in [0.1, 0.15) is 11.4 Å². The van der Waals surface area contributed by atoms with Gasteiger partial charge in [-0.15, -0.1) is 0 Å². The maximum absolute atomic E-state index is 13.4. The van der Waals surface area contributed by atoms with Crippen LogP contribution in [0.5, 0.6) is 0 Å². The fraction of sp³-hybridized carbons (Fsp3) is 0.111. The van der Waals surface area contributed by atoms with Crippen molar-refractivity contribution in [2.24, 2.45) is 7.05 Å². The van der Waals surface area contributed by atoms with Gasteiger partial charge in [-0.3, -0.25) is 9.59 Å². The van der Waals surface area contributed by atoms with Crippen LogP contribution < -0.4 is 10.7 Å². The summed E-state index contributed by atoms with van der Waals surface area (Å²) in [6.45, 7) is 1.94. The van der Waals surface area contributed by atoms with E-state index < -0.39 is 17.2 Å². The van der Waals surface area contributed by atoms with Crippen LogP contribution in [0.15, 0.2) is 53.5 Å². The number of nitrogens with one attached hydrogen (secondary N) is 1. The van der Waals surface area contributed by atoms with Gasteiger partial charge in [0.2, 0.25) is 5.43 Å². The number of amides is 1. The molecule has 5 heteroatoms. The molecule has 0 fully saturated rings.